The number of benzene rings is 1. The van der Waals surface area contributed by atoms with Crippen LogP contribution >= 0.6 is 11.3 Å². The van der Waals surface area contributed by atoms with Crippen molar-refractivity contribution < 1.29 is 5.11 Å². The first-order valence-electron chi connectivity index (χ1n) is 8.68. The van der Waals surface area contributed by atoms with Crippen molar-refractivity contribution in [3.8, 4) is 0 Å². The van der Waals surface area contributed by atoms with Crippen molar-refractivity contribution in [3.63, 3.8) is 0 Å². The SMILES string of the molecule is Cn1ccc2cc(CN3CCC([C@@H](O)c4cccs4)CC3)ccc21. The second-order valence-electron chi connectivity index (χ2n) is 6.89. The van der Waals surface area contributed by atoms with Crippen LogP contribution in [0.25, 0.3) is 10.9 Å². The van der Waals surface area contributed by atoms with Crippen LogP contribution in [0.4, 0.5) is 0 Å². The minimum Gasteiger partial charge on any atom is -0.387 e. The Morgan fingerprint density at radius 2 is 2.04 bits per heavy atom. The van der Waals surface area contributed by atoms with Crippen molar-refractivity contribution in [1.29, 1.82) is 0 Å². The lowest BCUT2D eigenvalue weighted by molar-refractivity contribution is 0.0591. The second-order valence-corrected chi connectivity index (χ2v) is 7.87. The summed E-state index contributed by atoms with van der Waals surface area (Å²) in [5, 5.41) is 13.9. The molecule has 3 heterocycles. The quantitative estimate of drug-likeness (QED) is 0.771. The Balaban J connectivity index is 1.37. The maximum atomic E-state index is 10.5. The van der Waals surface area contributed by atoms with Gasteiger partial charge in [-0.3, -0.25) is 4.90 Å². The summed E-state index contributed by atoms with van der Waals surface area (Å²) >= 11 is 1.67. The van der Waals surface area contributed by atoms with E-state index in [-0.39, 0.29) is 6.10 Å². The zero-order valence-corrected chi connectivity index (χ0v) is 14.9. The van der Waals surface area contributed by atoms with Crippen LogP contribution in [0.2, 0.25) is 0 Å². The number of aliphatic hydroxyl groups is 1. The van der Waals surface area contributed by atoms with Crippen LogP contribution in [0, 0.1) is 5.92 Å². The van der Waals surface area contributed by atoms with E-state index < -0.39 is 0 Å². The average molecular weight is 340 g/mol. The Bertz CT molecular complexity index is 800. The summed E-state index contributed by atoms with van der Waals surface area (Å²) in [6, 6.07) is 13.0. The molecule has 1 aliphatic heterocycles. The fourth-order valence-electron chi connectivity index (χ4n) is 3.81. The summed E-state index contributed by atoms with van der Waals surface area (Å²) in [6.45, 7) is 3.15. The van der Waals surface area contributed by atoms with Crippen molar-refractivity contribution in [2.24, 2.45) is 13.0 Å². The van der Waals surface area contributed by atoms with E-state index in [2.05, 4.69) is 53.0 Å². The van der Waals surface area contributed by atoms with Crippen LogP contribution in [0.5, 0.6) is 0 Å². The van der Waals surface area contributed by atoms with Crippen LogP contribution in [-0.4, -0.2) is 27.7 Å². The number of aliphatic hydroxyl groups excluding tert-OH is 1. The zero-order valence-electron chi connectivity index (χ0n) is 14.1. The zero-order chi connectivity index (χ0) is 16.5. The number of aromatic nitrogens is 1. The number of piperidine rings is 1. The number of hydrogen-bond acceptors (Lipinski definition) is 3. The van der Waals surface area contributed by atoms with Gasteiger partial charge in [-0.1, -0.05) is 12.1 Å². The number of hydrogen-bond donors (Lipinski definition) is 1. The fraction of sp³-hybridized carbons (Fsp3) is 0.400. The number of aryl methyl sites for hydroxylation is 1. The molecular formula is C20H24N2OS. The molecule has 3 nitrogen and oxygen atoms in total. The highest BCUT2D eigenvalue weighted by Gasteiger charge is 2.26. The molecular weight excluding hydrogens is 316 g/mol. The lowest BCUT2D eigenvalue weighted by Crippen LogP contribution is -2.35. The maximum absolute atomic E-state index is 10.5. The van der Waals surface area contributed by atoms with Crippen LogP contribution < -0.4 is 0 Å². The third kappa shape index (κ3) is 3.14. The first-order valence-corrected chi connectivity index (χ1v) is 9.56. The predicted octanol–water partition coefficient (Wildman–Crippen LogP) is 4.19. The summed E-state index contributed by atoms with van der Waals surface area (Å²) in [5.74, 6) is 0.400. The molecule has 1 aromatic carbocycles. The average Bonchev–Trinajstić information content (AvgIpc) is 3.25. The van der Waals surface area contributed by atoms with Gasteiger partial charge in [0.05, 0.1) is 6.10 Å². The molecule has 0 radical (unpaired) electrons. The van der Waals surface area contributed by atoms with Gasteiger partial charge in [0.1, 0.15) is 0 Å². The molecule has 0 unspecified atom stereocenters. The molecule has 1 aliphatic rings. The van der Waals surface area contributed by atoms with E-state index in [9.17, 15) is 5.11 Å². The molecule has 1 N–H and O–H groups in total. The Morgan fingerprint density at radius 3 is 2.79 bits per heavy atom. The van der Waals surface area contributed by atoms with Gasteiger partial charge in [-0.05, 0) is 72.4 Å². The van der Waals surface area contributed by atoms with Crippen molar-refractivity contribution in [2.45, 2.75) is 25.5 Å². The van der Waals surface area contributed by atoms with Gasteiger partial charge in [-0.2, -0.15) is 0 Å². The summed E-state index contributed by atoms with van der Waals surface area (Å²) in [4.78, 5) is 3.63. The van der Waals surface area contributed by atoms with Crippen LogP contribution in [0.3, 0.4) is 0 Å². The number of likely N-dealkylation sites (tertiary alicyclic amines) is 1. The molecule has 0 saturated carbocycles. The van der Waals surface area contributed by atoms with E-state index in [0.717, 1.165) is 37.4 Å². The van der Waals surface area contributed by atoms with Crippen molar-refractivity contribution in [3.05, 3.63) is 58.4 Å². The van der Waals surface area contributed by atoms with E-state index in [0.29, 0.717) is 5.92 Å². The molecule has 24 heavy (non-hydrogen) atoms. The topological polar surface area (TPSA) is 28.4 Å². The Labute approximate surface area is 147 Å². The van der Waals surface area contributed by atoms with Crippen molar-refractivity contribution >= 4 is 22.2 Å². The third-order valence-corrected chi connectivity index (χ3v) is 6.21. The molecule has 4 rings (SSSR count). The molecule has 1 fully saturated rings. The molecule has 0 aliphatic carbocycles. The fourth-order valence-corrected chi connectivity index (χ4v) is 4.61. The van der Waals surface area contributed by atoms with Crippen molar-refractivity contribution in [1.82, 2.24) is 9.47 Å². The van der Waals surface area contributed by atoms with E-state index in [1.165, 1.54) is 16.5 Å². The molecule has 3 aromatic rings. The third-order valence-electron chi connectivity index (χ3n) is 5.27. The van der Waals surface area contributed by atoms with Gasteiger partial charge in [0.25, 0.3) is 0 Å². The summed E-state index contributed by atoms with van der Waals surface area (Å²) < 4.78 is 2.16. The summed E-state index contributed by atoms with van der Waals surface area (Å²) in [5.41, 5.74) is 2.67. The highest BCUT2D eigenvalue weighted by atomic mass is 32.1. The van der Waals surface area contributed by atoms with Crippen LogP contribution in [-0.2, 0) is 13.6 Å². The number of nitrogens with zero attached hydrogens (tertiary/aromatic N) is 2. The van der Waals surface area contributed by atoms with Gasteiger partial charge in [-0.15, -0.1) is 11.3 Å². The minimum atomic E-state index is -0.284. The first-order chi connectivity index (χ1) is 11.7. The lowest BCUT2D eigenvalue weighted by Gasteiger charge is -2.34. The number of fused-ring (bicyclic) bond motifs is 1. The minimum absolute atomic E-state index is 0.284. The maximum Gasteiger partial charge on any atom is 0.0910 e. The highest BCUT2D eigenvalue weighted by molar-refractivity contribution is 7.10. The molecule has 4 heteroatoms. The molecule has 1 saturated heterocycles. The Morgan fingerprint density at radius 1 is 1.21 bits per heavy atom. The van der Waals surface area contributed by atoms with E-state index in [1.54, 1.807) is 11.3 Å². The van der Waals surface area contributed by atoms with E-state index >= 15 is 0 Å². The predicted molar refractivity (Wildman–Crippen MR) is 100 cm³/mol. The van der Waals surface area contributed by atoms with Crippen molar-refractivity contribution in [2.75, 3.05) is 13.1 Å². The van der Waals surface area contributed by atoms with E-state index in [4.69, 9.17) is 0 Å². The number of rotatable bonds is 4. The first kappa shape index (κ1) is 15.9. The smallest absolute Gasteiger partial charge is 0.0910 e. The Hall–Kier alpha value is -1.62. The van der Waals surface area contributed by atoms with Gasteiger partial charge in [0.2, 0.25) is 0 Å². The van der Waals surface area contributed by atoms with Gasteiger partial charge in [0, 0.05) is 30.2 Å². The molecule has 1 atom stereocenters. The van der Waals surface area contributed by atoms with Gasteiger partial charge >= 0.3 is 0 Å². The normalized spacial score (nSPS) is 18.2. The molecule has 2 aromatic heterocycles. The molecule has 126 valence electrons. The van der Waals surface area contributed by atoms with Crippen LogP contribution in [0.1, 0.15) is 29.4 Å². The van der Waals surface area contributed by atoms with Gasteiger partial charge < -0.3 is 9.67 Å². The van der Waals surface area contributed by atoms with E-state index in [1.807, 2.05) is 11.4 Å². The standard InChI is InChI=1S/C20H24N2OS/c1-21-9-6-17-13-15(4-5-18(17)21)14-22-10-7-16(8-11-22)20(23)19-3-2-12-24-19/h2-6,9,12-13,16,20,23H,7-8,10-11,14H2,1H3/t20-/m1/s1. The largest absolute Gasteiger partial charge is 0.387 e. The second kappa shape index (κ2) is 6.71. The monoisotopic (exact) mass is 340 g/mol. The van der Waals surface area contributed by atoms with Crippen LogP contribution in [0.15, 0.2) is 48.0 Å². The summed E-state index contributed by atoms with van der Waals surface area (Å²) in [6.07, 6.45) is 3.98. The molecule has 0 amide bonds. The number of thiophene rings is 1. The molecule has 0 bridgehead atoms. The summed E-state index contributed by atoms with van der Waals surface area (Å²) in [7, 11) is 2.09. The Kier molecular flexibility index (Phi) is 4.44. The van der Waals surface area contributed by atoms with Gasteiger partial charge in [0.15, 0.2) is 0 Å². The molecule has 0 spiro atoms. The highest BCUT2D eigenvalue weighted by Crippen LogP contribution is 2.33. The van der Waals surface area contributed by atoms with Gasteiger partial charge in [-0.25, -0.2) is 0 Å². The lowest BCUT2D eigenvalue weighted by atomic mass is 9.90.